The molecule has 1 aliphatic heterocycles. The van der Waals surface area contributed by atoms with Crippen molar-refractivity contribution in [2.75, 3.05) is 60.0 Å². The second kappa shape index (κ2) is 16.4. The van der Waals surface area contributed by atoms with Crippen molar-refractivity contribution in [2.45, 2.75) is 57.7 Å². The summed E-state index contributed by atoms with van der Waals surface area (Å²) in [5.41, 5.74) is 4.78. The quantitative estimate of drug-likeness (QED) is 0.130. The van der Waals surface area contributed by atoms with Crippen molar-refractivity contribution in [3.8, 4) is 17.2 Å². The van der Waals surface area contributed by atoms with Crippen molar-refractivity contribution in [1.29, 1.82) is 0 Å². The van der Waals surface area contributed by atoms with Gasteiger partial charge in [-0.2, -0.15) is 0 Å². The number of nitrogens with zero attached hydrogens (tertiary/aromatic N) is 3. The zero-order valence-corrected chi connectivity index (χ0v) is 29.6. The van der Waals surface area contributed by atoms with Crippen molar-refractivity contribution in [3.63, 3.8) is 0 Å². The Morgan fingerprint density at radius 1 is 1.04 bits per heavy atom. The van der Waals surface area contributed by atoms with E-state index >= 15 is 0 Å². The van der Waals surface area contributed by atoms with Gasteiger partial charge in [-0.1, -0.05) is 42.8 Å². The van der Waals surface area contributed by atoms with E-state index in [1.807, 2.05) is 31.0 Å². The van der Waals surface area contributed by atoms with E-state index in [0.717, 1.165) is 61.3 Å². The van der Waals surface area contributed by atoms with Gasteiger partial charge >= 0.3 is 0 Å². The average Bonchev–Trinajstić information content (AvgIpc) is 3.53. The molecule has 2 N–H and O–H groups in total. The molecule has 2 atom stereocenters. The third-order valence-corrected chi connectivity index (χ3v) is 9.54. The number of hydrogen-bond donors (Lipinski definition) is 2. The Balaban J connectivity index is 1.37. The number of nitrogens with one attached hydrogen (secondary N) is 2. The number of amides is 1. The molecule has 1 fully saturated rings. The second-order valence-electron chi connectivity index (χ2n) is 12.1. The van der Waals surface area contributed by atoms with E-state index < -0.39 is 0 Å². The fraction of sp³-hybridized carbons (Fsp3) is 0.459. The zero-order chi connectivity index (χ0) is 34.2. The minimum absolute atomic E-state index is 0.0493. The molecule has 11 heteroatoms. The molecule has 1 amide bonds. The SMILES string of the molecule is CCOCCc1cccc2[nH]c(NC3CCN(C(C(CC)c4ccc(Cl)cc4)N(C)C(=O)c4cc(OC)c(OC)c(OC)c4)CC3)nc12. The van der Waals surface area contributed by atoms with Gasteiger partial charge in [-0.15, -0.1) is 0 Å². The predicted molar refractivity (Wildman–Crippen MR) is 191 cm³/mol. The van der Waals surface area contributed by atoms with E-state index in [4.69, 9.17) is 35.5 Å². The van der Waals surface area contributed by atoms with E-state index in [1.165, 1.54) is 5.56 Å². The van der Waals surface area contributed by atoms with E-state index in [2.05, 4.69) is 52.5 Å². The summed E-state index contributed by atoms with van der Waals surface area (Å²) < 4.78 is 22.2. The topological polar surface area (TPSA) is 101 Å². The molecule has 5 rings (SSSR count). The highest BCUT2D eigenvalue weighted by atomic mass is 35.5. The Morgan fingerprint density at radius 2 is 1.73 bits per heavy atom. The first-order valence-corrected chi connectivity index (χ1v) is 17.1. The number of ether oxygens (including phenoxy) is 4. The van der Waals surface area contributed by atoms with Crippen LogP contribution in [0, 0.1) is 0 Å². The average molecular weight is 678 g/mol. The number of H-pyrrole nitrogens is 1. The fourth-order valence-corrected chi connectivity index (χ4v) is 6.94. The van der Waals surface area contributed by atoms with Gasteiger partial charge in [-0.05, 0) is 74.1 Å². The highest BCUT2D eigenvalue weighted by Crippen LogP contribution is 2.39. The minimum atomic E-state index is -0.206. The fourth-order valence-electron chi connectivity index (χ4n) is 6.82. The van der Waals surface area contributed by atoms with Crippen LogP contribution in [0.25, 0.3) is 11.0 Å². The number of aromatic amines is 1. The molecule has 10 nitrogen and oxygen atoms in total. The minimum Gasteiger partial charge on any atom is -0.493 e. The molecule has 4 aromatic rings. The van der Waals surface area contributed by atoms with Gasteiger partial charge in [-0.25, -0.2) is 4.98 Å². The summed E-state index contributed by atoms with van der Waals surface area (Å²) in [6, 6.07) is 17.9. The molecular formula is C37H48ClN5O5. The predicted octanol–water partition coefficient (Wildman–Crippen LogP) is 6.99. The Labute approximate surface area is 288 Å². The number of para-hydroxylation sites is 1. The van der Waals surface area contributed by atoms with Crippen LogP contribution in [-0.2, 0) is 11.2 Å². The van der Waals surface area contributed by atoms with Crippen molar-refractivity contribution in [2.24, 2.45) is 0 Å². The number of fused-ring (bicyclic) bond motifs is 1. The van der Waals surface area contributed by atoms with Crippen molar-refractivity contribution in [1.82, 2.24) is 19.8 Å². The number of methoxy groups -OCH3 is 3. The van der Waals surface area contributed by atoms with Crippen molar-refractivity contribution >= 4 is 34.5 Å². The molecule has 0 saturated carbocycles. The molecule has 0 bridgehead atoms. The van der Waals surface area contributed by atoms with Gasteiger partial charge in [-0.3, -0.25) is 9.69 Å². The van der Waals surface area contributed by atoms with Crippen LogP contribution in [-0.4, -0.2) is 92.6 Å². The highest BCUT2D eigenvalue weighted by Gasteiger charge is 2.36. The number of anilines is 1. The van der Waals surface area contributed by atoms with Crippen LogP contribution < -0.4 is 19.5 Å². The summed E-state index contributed by atoms with van der Waals surface area (Å²) in [5, 5.41) is 4.35. The number of benzene rings is 3. The first-order chi connectivity index (χ1) is 23.3. The van der Waals surface area contributed by atoms with Crippen molar-refractivity contribution < 1.29 is 23.7 Å². The molecule has 1 aromatic heterocycles. The van der Waals surface area contributed by atoms with Crippen LogP contribution in [0.5, 0.6) is 17.2 Å². The van der Waals surface area contributed by atoms with Crippen LogP contribution in [0.1, 0.15) is 60.5 Å². The lowest BCUT2D eigenvalue weighted by molar-refractivity contribution is 0.0200. The van der Waals surface area contributed by atoms with E-state index in [-0.39, 0.29) is 24.0 Å². The van der Waals surface area contributed by atoms with Crippen LogP contribution in [0.3, 0.4) is 0 Å². The molecule has 0 radical (unpaired) electrons. The van der Waals surface area contributed by atoms with Gasteiger partial charge < -0.3 is 34.1 Å². The van der Waals surface area contributed by atoms with Gasteiger partial charge in [0.1, 0.15) is 0 Å². The Kier molecular flexibility index (Phi) is 12.1. The summed E-state index contributed by atoms with van der Waals surface area (Å²) in [6.07, 6.45) is 3.25. The normalized spacial score (nSPS) is 15.2. The monoisotopic (exact) mass is 677 g/mol. The molecule has 1 saturated heterocycles. The maximum Gasteiger partial charge on any atom is 0.255 e. The maximum atomic E-state index is 14.3. The van der Waals surface area contributed by atoms with Gasteiger partial charge in [0.2, 0.25) is 11.7 Å². The summed E-state index contributed by atoms with van der Waals surface area (Å²) in [6.45, 7) is 7.17. The molecule has 0 spiro atoms. The third kappa shape index (κ3) is 7.83. The summed E-state index contributed by atoms with van der Waals surface area (Å²) in [4.78, 5) is 27.0. The lowest BCUT2D eigenvalue weighted by Crippen LogP contribution is -2.55. The largest absolute Gasteiger partial charge is 0.493 e. The van der Waals surface area contributed by atoms with Crippen molar-refractivity contribution in [3.05, 3.63) is 76.3 Å². The number of piperidine rings is 1. The van der Waals surface area contributed by atoms with Crippen LogP contribution >= 0.6 is 11.6 Å². The third-order valence-electron chi connectivity index (χ3n) is 9.29. The molecule has 2 heterocycles. The van der Waals surface area contributed by atoms with Gasteiger partial charge in [0, 0.05) is 49.3 Å². The lowest BCUT2D eigenvalue weighted by atomic mass is 9.90. The Morgan fingerprint density at radius 3 is 2.33 bits per heavy atom. The zero-order valence-electron chi connectivity index (χ0n) is 28.8. The standard InChI is InChI=1S/C37H48ClN5O5/c1-7-29(24-12-14-27(38)15-13-24)35(42(3)36(44)26-22-31(45-4)34(47-6)32(23-26)46-5)43-19-16-28(17-20-43)39-37-40-30-11-9-10-25(33(30)41-37)18-21-48-8-2/h9-15,22-23,28-29,35H,7-8,16-21H2,1-6H3,(H2,39,40,41). The second-order valence-corrected chi connectivity index (χ2v) is 12.5. The number of halogens is 1. The summed E-state index contributed by atoms with van der Waals surface area (Å²) in [7, 11) is 6.54. The Hall–Kier alpha value is -3.99. The first-order valence-electron chi connectivity index (χ1n) is 16.7. The molecule has 2 unspecified atom stereocenters. The summed E-state index contributed by atoms with van der Waals surface area (Å²) in [5.74, 6) is 2.03. The Bertz CT molecular complexity index is 1630. The highest BCUT2D eigenvalue weighted by molar-refractivity contribution is 6.30. The number of rotatable bonds is 15. The number of likely N-dealkylation sites (tertiary alicyclic amines) is 1. The number of carbonyl (C=O) groups excluding carboxylic acids is 1. The van der Waals surface area contributed by atoms with E-state index in [1.54, 1.807) is 33.5 Å². The van der Waals surface area contributed by atoms with Crippen LogP contribution in [0.15, 0.2) is 54.6 Å². The van der Waals surface area contributed by atoms with Gasteiger partial charge in [0.15, 0.2) is 11.5 Å². The van der Waals surface area contributed by atoms with E-state index in [0.29, 0.717) is 41.0 Å². The summed E-state index contributed by atoms with van der Waals surface area (Å²) >= 11 is 6.28. The molecule has 3 aromatic carbocycles. The van der Waals surface area contributed by atoms with Crippen LogP contribution in [0.2, 0.25) is 5.02 Å². The molecule has 0 aliphatic carbocycles. The van der Waals surface area contributed by atoms with Gasteiger partial charge in [0.05, 0.1) is 45.1 Å². The molecule has 258 valence electrons. The van der Waals surface area contributed by atoms with Crippen LogP contribution in [0.4, 0.5) is 5.95 Å². The maximum absolute atomic E-state index is 14.3. The van der Waals surface area contributed by atoms with Gasteiger partial charge in [0.25, 0.3) is 5.91 Å². The lowest BCUT2D eigenvalue weighted by Gasteiger charge is -2.45. The molecule has 48 heavy (non-hydrogen) atoms. The molecule has 1 aliphatic rings. The molecular weight excluding hydrogens is 630 g/mol. The number of imidazole rings is 1. The number of likely N-dealkylation sites (N-methyl/N-ethyl adjacent to an activating group) is 1. The van der Waals surface area contributed by atoms with E-state index in [9.17, 15) is 4.79 Å². The number of hydrogen-bond acceptors (Lipinski definition) is 8. The number of carbonyl (C=O) groups is 1. The smallest absolute Gasteiger partial charge is 0.255 e. The number of aromatic nitrogens is 2. The first kappa shape index (κ1) is 35.3.